The number of fused-ring (bicyclic) bond motifs is 2. The van der Waals surface area contributed by atoms with Crippen LogP contribution in [-0.4, -0.2) is 116 Å². The van der Waals surface area contributed by atoms with Crippen molar-refractivity contribution in [3.63, 3.8) is 0 Å². The van der Waals surface area contributed by atoms with Crippen LogP contribution in [0.1, 0.15) is 62.2 Å². The third-order valence-electron chi connectivity index (χ3n) is 6.68. The molecule has 0 spiro atoms. The number of hydrogen-bond acceptors (Lipinski definition) is 12. The maximum atomic E-state index is 11.9. The summed E-state index contributed by atoms with van der Waals surface area (Å²) in [4.78, 5) is 90.2. The van der Waals surface area contributed by atoms with Gasteiger partial charge < -0.3 is 50.3 Å². The van der Waals surface area contributed by atoms with Crippen molar-refractivity contribution in [2.75, 3.05) is 26.2 Å². The van der Waals surface area contributed by atoms with Crippen molar-refractivity contribution in [2.45, 2.75) is 32.9 Å². The molecule has 2 aromatic carbocycles. The molecule has 4 rings (SSSR count). The Hall–Kier alpha value is -4.87. The number of carboxylic acid groups (broad SMARTS) is 4. The predicted octanol–water partition coefficient (Wildman–Crippen LogP) is -0.442. The molecule has 2 aromatic rings. The van der Waals surface area contributed by atoms with E-state index >= 15 is 0 Å². The Kier molecular flexibility index (Phi) is 22.2. The second-order valence-electron chi connectivity index (χ2n) is 10.4. The van der Waals surface area contributed by atoms with E-state index in [1.165, 1.54) is 19.1 Å². The molecule has 51 heavy (non-hydrogen) atoms. The summed E-state index contributed by atoms with van der Waals surface area (Å²) in [6, 6.07) is 10.7. The summed E-state index contributed by atoms with van der Waals surface area (Å²) in [5.74, 6) is -7.16. The van der Waals surface area contributed by atoms with Gasteiger partial charge in [0.05, 0.1) is 40.6 Å². The van der Waals surface area contributed by atoms with E-state index in [0.717, 1.165) is 9.80 Å². The summed E-state index contributed by atoms with van der Waals surface area (Å²) in [5.41, 5.74) is 21.3. The molecule has 2 heterocycles. The quantitative estimate of drug-likeness (QED) is 0.111. The molecule has 0 fully saturated rings. The van der Waals surface area contributed by atoms with Crippen LogP contribution < -0.4 is 22.9 Å². The van der Waals surface area contributed by atoms with E-state index in [-0.39, 0.29) is 58.4 Å². The van der Waals surface area contributed by atoms with Gasteiger partial charge in [0.2, 0.25) is 0 Å². The minimum absolute atomic E-state index is 0. The molecule has 4 amide bonds. The first-order valence-corrected chi connectivity index (χ1v) is 14.8. The van der Waals surface area contributed by atoms with E-state index in [4.69, 9.17) is 43.4 Å². The largest absolute Gasteiger partial charge is 0.481 e. The number of rotatable bonds is 10. The molecule has 2 aliphatic heterocycles. The monoisotopic (exact) mass is 887 g/mol. The molecule has 0 saturated carbocycles. The molecule has 0 radical (unpaired) electrons. The fourth-order valence-corrected chi connectivity index (χ4v) is 3.64. The van der Waals surface area contributed by atoms with Gasteiger partial charge >= 0.3 is 23.9 Å². The van der Waals surface area contributed by atoms with E-state index in [1.807, 2.05) is 0 Å². The summed E-state index contributed by atoms with van der Waals surface area (Å²) in [6.45, 7) is 7.84. The number of aliphatic carboxylic acids is 4. The van der Waals surface area contributed by atoms with Gasteiger partial charge in [0.1, 0.15) is 12.1 Å². The van der Waals surface area contributed by atoms with Crippen molar-refractivity contribution < 1.29 is 79.8 Å². The summed E-state index contributed by atoms with van der Waals surface area (Å²) in [5, 5.41) is 33.5. The van der Waals surface area contributed by atoms with Crippen molar-refractivity contribution in [2.24, 2.45) is 34.8 Å². The van der Waals surface area contributed by atoms with E-state index < -0.39 is 71.4 Å². The molecule has 0 saturated heterocycles. The Morgan fingerprint density at radius 1 is 0.569 bits per heavy atom. The zero-order valence-corrected chi connectivity index (χ0v) is 31.1. The number of nitrogens with zero attached hydrogens (tertiary/aromatic N) is 2. The first-order valence-electron chi connectivity index (χ1n) is 14.8. The third-order valence-corrected chi connectivity index (χ3v) is 6.68. The van der Waals surface area contributed by atoms with Gasteiger partial charge in [0.15, 0.2) is 0 Å². The maximum absolute atomic E-state index is 11.9. The molecule has 4 unspecified atom stereocenters. The Labute approximate surface area is 308 Å². The number of carbonyl (C=O) groups excluding carboxylic acids is 4. The summed E-state index contributed by atoms with van der Waals surface area (Å²) in [7, 11) is 0. The van der Waals surface area contributed by atoms with Crippen LogP contribution in [0, 0.1) is 18.8 Å². The Morgan fingerprint density at radius 3 is 1.06 bits per heavy atom. The Morgan fingerprint density at radius 2 is 0.863 bits per heavy atom. The zero-order chi connectivity index (χ0) is 38.9. The number of amides is 4. The average molecular weight is 888 g/mol. The first kappa shape index (κ1) is 48.2. The number of benzene rings is 2. The predicted molar refractivity (Wildman–Crippen MR) is 178 cm³/mol. The van der Waals surface area contributed by atoms with Crippen LogP contribution in [0.15, 0.2) is 48.5 Å². The number of carbonyl (C=O) groups is 8. The molecule has 4 atom stereocenters. The summed E-state index contributed by atoms with van der Waals surface area (Å²) < 4.78 is 0. The Bertz CT molecular complexity index is 1370. The van der Waals surface area contributed by atoms with Crippen LogP contribution in [0.3, 0.4) is 0 Å². The van der Waals surface area contributed by atoms with Crippen LogP contribution in [0.5, 0.6) is 0 Å². The molecular formula is C32H43N6O12W-. The van der Waals surface area contributed by atoms with Crippen LogP contribution >= 0.6 is 0 Å². The molecule has 0 bridgehead atoms. The zero-order valence-electron chi connectivity index (χ0n) is 28.1. The molecule has 0 aromatic heterocycles. The minimum Gasteiger partial charge on any atom is -0.481 e. The normalized spacial score (nSPS) is 14.4. The Balaban J connectivity index is 0. The second-order valence-corrected chi connectivity index (χ2v) is 10.4. The van der Waals surface area contributed by atoms with Crippen molar-refractivity contribution in [3.05, 3.63) is 77.7 Å². The van der Waals surface area contributed by atoms with Gasteiger partial charge in [-0.3, -0.25) is 48.2 Å². The fraction of sp³-hybridized carbons (Fsp3) is 0.344. The van der Waals surface area contributed by atoms with Crippen LogP contribution in [0.25, 0.3) is 0 Å². The number of nitrogens with two attached hydrogens (primary N) is 4. The number of imide groups is 2. The van der Waals surface area contributed by atoms with Crippen LogP contribution in [0.2, 0.25) is 0 Å². The molecular weight excluding hydrogens is 844 g/mol. The first-order chi connectivity index (χ1) is 23.4. The van der Waals surface area contributed by atoms with Crippen molar-refractivity contribution in [1.29, 1.82) is 0 Å². The smallest absolute Gasteiger partial charge is 0.322 e. The van der Waals surface area contributed by atoms with E-state index in [2.05, 4.69) is 6.92 Å². The van der Waals surface area contributed by atoms with Crippen molar-refractivity contribution in [1.82, 2.24) is 9.80 Å². The van der Waals surface area contributed by atoms with Crippen LogP contribution in [0.4, 0.5) is 0 Å². The van der Waals surface area contributed by atoms with Crippen LogP contribution in [-0.2, 0) is 40.2 Å². The van der Waals surface area contributed by atoms with E-state index in [9.17, 15) is 38.4 Å². The SMILES string of the molecule is CC(CN)C(=O)O.CC(CN1C(=O)c2ccccc2C1=O)C(=O)O.NC(CN1C(=O)c2ccccc2C1=O)C(=O)O.NCC(N)C(=O)O.[CH2-]C.[W]. The van der Waals surface area contributed by atoms with Gasteiger partial charge in [-0.1, -0.05) is 38.1 Å². The average Bonchev–Trinajstić information content (AvgIpc) is 3.49. The summed E-state index contributed by atoms with van der Waals surface area (Å²) in [6.07, 6.45) is 0. The van der Waals surface area contributed by atoms with Gasteiger partial charge in [-0.25, -0.2) is 0 Å². The van der Waals surface area contributed by atoms with Gasteiger partial charge in [0, 0.05) is 40.7 Å². The molecule has 19 heteroatoms. The van der Waals surface area contributed by atoms with Crippen molar-refractivity contribution in [3.8, 4) is 0 Å². The van der Waals surface area contributed by atoms with Gasteiger partial charge in [-0.15, -0.1) is 0 Å². The van der Waals surface area contributed by atoms with Gasteiger partial charge in [-0.05, 0) is 24.3 Å². The topological polar surface area (TPSA) is 328 Å². The van der Waals surface area contributed by atoms with Gasteiger partial charge in [0.25, 0.3) is 23.6 Å². The standard InChI is InChI=1S/C12H11NO4.C11H10N2O4.C4H9NO2.C3H8N2O2.C2H5.W/c1-7(12(16)17)6-13-10(14)8-4-2-3-5-9(8)11(13)15;12-8(11(16)17)5-13-9(14)6-3-1-2-4-7(6)10(13)15;1-3(2-5)4(6)7;4-1-2(5)3(6)7;1-2;/h2-5,7H,6H2,1H3,(H,16,17);1-4,8H,5,12H2,(H,16,17);3H,2,5H2,1H3,(H,6,7);2H,1,4-5H2,(H,6,7);1H2,2H3;/q;;;;-1;. The molecule has 2 aliphatic rings. The maximum Gasteiger partial charge on any atom is 0.322 e. The van der Waals surface area contributed by atoms with E-state index in [1.54, 1.807) is 50.2 Å². The molecule has 12 N–H and O–H groups in total. The fourth-order valence-electron chi connectivity index (χ4n) is 3.64. The summed E-state index contributed by atoms with van der Waals surface area (Å²) >= 11 is 0. The van der Waals surface area contributed by atoms with Crippen molar-refractivity contribution >= 4 is 47.5 Å². The number of hydrogen-bond donors (Lipinski definition) is 8. The number of carboxylic acids is 4. The van der Waals surface area contributed by atoms with Gasteiger partial charge in [-0.2, -0.15) is 6.92 Å². The third kappa shape index (κ3) is 14.1. The minimum atomic E-state index is -1.27. The molecule has 0 aliphatic carbocycles. The molecule has 18 nitrogen and oxygen atoms in total. The second kappa shape index (κ2) is 23.5. The molecule has 280 valence electrons. The van der Waals surface area contributed by atoms with E-state index in [0.29, 0.717) is 11.1 Å².